The molecule has 0 bridgehead atoms. The van der Waals surface area contributed by atoms with Gasteiger partial charge in [0.2, 0.25) is 0 Å². The van der Waals surface area contributed by atoms with E-state index in [1.165, 1.54) is 56.9 Å². The molecule has 3 atom stereocenters. The number of carbonyl (C=O) groups is 1. The first-order valence-corrected chi connectivity index (χ1v) is 14.9. The van der Waals surface area contributed by atoms with Crippen molar-refractivity contribution in [3.63, 3.8) is 0 Å². The van der Waals surface area contributed by atoms with Crippen LogP contribution in [0.15, 0.2) is 0 Å². The maximum absolute atomic E-state index is 12.3. The van der Waals surface area contributed by atoms with Crippen LogP contribution in [-0.4, -0.2) is 11.6 Å². The first-order chi connectivity index (χ1) is 16.8. The van der Waals surface area contributed by atoms with Gasteiger partial charge in [0.15, 0.2) is 0 Å². The summed E-state index contributed by atoms with van der Waals surface area (Å²) in [7, 11) is 0. The molecule has 36 heavy (non-hydrogen) atoms. The summed E-state index contributed by atoms with van der Waals surface area (Å²) in [5.41, 5.74) is 4.31. The van der Waals surface area contributed by atoms with Crippen LogP contribution in [0.1, 0.15) is 135 Å². The number of ether oxygens (including phenoxy) is 2. The molecular formula is C33H56O3. The maximum Gasteiger partial charge on any atom is 0.313 e. The second-order valence-corrected chi connectivity index (χ2v) is 13.0. The van der Waals surface area contributed by atoms with Crippen LogP contribution in [0, 0.1) is 44.4 Å². The van der Waals surface area contributed by atoms with E-state index in [-0.39, 0.29) is 17.5 Å². The van der Waals surface area contributed by atoms with Crippen LogP contribution < -0.4 is 9.47 Å². The number of benzene rings is 1. The van der Waals surface area contributed by atoms with Crippen molar-refractivity contribution in [3.8, 4) is 11.5 Å². The molecule has 0 saturated carbocycles. The van der Waals surface area contributed by atoms with Crippen molar-refractivity contribution in [2.24, 2.45) is 23.7 Å². The summed E-state index contributed by atoms with van der Waals surface area (Å²) in [4.78, 5) is 12.3. The van der Waals surface area contributed by atoms with Crippen molar-refractivity contribution in [3.05, 3.63) is 22.3 Å². The van der Waals surface area contributed by atoms with Crippen LogP contribution in [0.25, 0.3) is 0 Å². The summed E-state index contributed by atoms with van der Waals surface area (Å²) in [5.74, 6) is 3.95. The minimum absolute atomic E-state index is 0.114. The topological polar surface area (TPSA) is 35.5 Å². The molecule has 206 valence electrons. The van der Waals surface area contributed by atoms with Gasteiger partial charge in [0, 0.05) is 5.56 Å². The Morgan fingerprint density at radius 3 is 1.94 bits per heavy atom. The van der Waals surface area contributed by atoms with E-state index < -0.39 is 0 Å². The van der Waals surface area contributed by atoms with E-state index in [4.69, 9.17) is 9.47 Å². The predicted octanol–water partition coefficient (Wildman–Crippen LogP) is 9.70. The van der Waals surface area contributed by atoms with Gasteiger partial charge in [0.25, 0.3) is 0 Å². The van der Waals surface area contributed by atoms with Crippen molar-refractivity contribution < 1.29 is 14.3 Å². The highest BCUT2D eigenvalue weighted by atomic mass is 16.5. The molecule has 0 aliphatic carbocycles. The van der Waals surface area contributed by atoms with Crippen LogP contribution in [0.5, 0.6) is 11.5 Å². The zero-order valence-corrected chi connectivity index (χ0v) is 25.3. The summed E-state index contributed by atoms with van der Waals surface area (Å²) < 4.78 is 12.5. The highest BCUT2D eigenvalue weighted by Gasteiger charge is 2.35. The van der Waals surface area contributed by atoms with Crippen LogP contribution in [0.2, 0.25) is 0 Å². The van der Waals surface area contributed by atoms with Crippen molar-refractivity contribution in [2.75, 3.05) is 0 Å². The van der Waals surface area contributed by atoms with Crippen LogP contribution >= 0.6 is 0 Å². The minimum atomic E-state index is -0.170. The second kappa shape index (κ2) is 13.9. The van der Waals surface area contributed by atoms with Gasteiger partial charge in [-0.1, -0.05) is 86.5 Å². The zero-order valence-electron chi connectivity index (χ0n) is 25.3. The third-order valence-corrected chi connectivity index (χ3v) is 8.51. The normalized spacial score (nSPS) is 19.2. The molecule has 1 aliphatic rings. The monoisotopic (exact) mass is 500 g/mol. The molecule has 1 aliphatic heterocycles. The Balaban J connectivity index is 1.86. The molecule has 0 saturated heterocycles. The summed E-state index contributed by atoms with van der Waals surface area (Å²) in [5, 5.41) is 0. The van der Waals surface area contributed by atoms with Crippen LogP contribution in [-0.2, 0) is 11.2 Å². The maximum atomic E-state index is 12.3. The van der Waals surface area contributed by atoms with E-state index in [9.17, 15) is 4.79 Å². The molecule has 0 N–H and O–H groups in total. The summed E-state index contributed by atoms with van der Waals surface area (Å²) >= 11 is 0. The Morgan fingerprint density at radius 1 is 0.833 bits per heavy atom. The SMILES string of the molecule is Cc1c(C)c2c(c(C)c1OC(=O)C(C)C)CC[C@@](C)(CCCC(C)CCCC(C)CCCC(C)C)O2. The van der Waals surface area contributed by atoms with Gasteiger partial charge in [0.05, 0.1) is 5.92 Å². The third-order valence-electron chi connectivity index (χ3n) is 8.51. The van der Waals surface area contributed by atoms with Gasteiger partial charge >= 0.3 is 5.97 Å². The van der Waals surface area contributed by atoms with Crippen molar-refractivity contribution in [2.45, 2.75) is 145 Å². The number of hydrogen-bond donors (Lipinski definition) is 0. The molecule has 0 spiro atoms. The summed E-state index contributed by atoms with van der Waals surface area (Å²) in [6.07, 6.45) is 13.9. The zero-order chi connectivity index (χ0) is 27.0. The second-order valence-electron chi connectivity index (χ2n) is 13.0. The average molecular weight is 501 g/mol. The van der Waals surface area contributed by atoms with E-state index in [0.717, 1.165) is 65.2 Å². The van der Waals surface area contributed by atoms with Gasteiger partial charge in [0.1, 0.15) is 17.1 Å². The Morgan fingerprint density at radius 2 is 1.39 bits per heavy atom. The molecule has 1 aromatic rings. The van der Waals surface area contributed by atoms with E-state index in [2.05, 4.69) is 48.5 Å². The number of hydrogen-bond acceptors (Lipinski definition) is 3. The lowest BCUT2D eigenvalue weighted by atomic mass is 9.83. The average Bonchev–Trinajstić information content (AvgIpc) is 2.79. The number of fused-ring (bicyclic) bond motifs is 1. The molecule has 0 aromatic heterocycles. The molecule has 0 amide bonds. The van der Waals surface area contributed by atoms with Gasteiger partial charge < -0.3 is 9.47 Å². The Bertz CT molecular complexity index is 853. The van der Waals surface area contributed by atoms with Crippen LogP contribution in [0.4, 0.5) is 0 Å². The molecular weight excluding hydrogens is 444 g/mol. The molecule has 1 aromatic carbocycles. The summed E-state index contributed by atoms with van der Waals surface area (Å²) in [6.45, 7) is 21.8. The highest BCUT2D eigenvalue weighted by molar-refractivity contribution is 5.76. The molecule has 3 nitrogen and oxygen atoms in total. The lowest BCUT2D eigenvalue weighted by molar-refractivity contribution is -0.137. The first kappa shape index (κ1) is 30.7. The quantitative estimate of drug-likeness (QED) is 0.188. The van der Waals surface area contributed by atoms with Gasteiger partial charge in [-0.2, -0.15) is 0 Å². The molecule has 1 heterocycles. The Kier molecular flexibility index (Phi) is 11.8. The van der Waals surface area contributed by atoms with E-state index in [1.54, 1.807) is 0 Å². The van der Waals surface area contributed by atoms with Gasteiger partial charge in [-0.05, 0) is 87.8 Å². The number of rotatable bonds is 14. The van der Waals surface area contributed by atoms with Crippen molar-refractivity contribution in [1.82, 2.24) is 0 Å². The van der Waals surface area contributed by atoms with Gasteiger partial charge in [-0.25, -0.2) is 0 Å². The lowest BCUT2D eigenvalue weighted by Crippen LogP contribution is -2.37. The fraction of sp³-hybridized carbons (Fsp3) is 0.788. The highest BCUT2D eigenvalue weighted by Crippen LogP contribution is 2.45. The number of esters is 1. The predicted molar refractivity (Wildman–Crippen MR) is 153 cm³/mol. The number of carbonyl (C=O) groups excluding carboxylic acids is 1. The largest absolute Gasteiger partial charge is 0.487 e. The van der Waals surface area contributed by atoms with Gasteiger partial charge in [-0.15, -0.1) is 0 Å². The fourth-order valence-corrected chi connectivity index (χ4v) is 5.63. The standard InChI is InChI=1S/C33H56O3/c1-22(2)14-11-15-24(5)16-12-17-25(6)18-13-20-33(10)21-19-29-28(9)30(35-32(34)23(3)4)26(7)27(8)31(29)36-33/h22-25H,11-21H2,1-10H3/t24?,25?,33-/m1/s1. The van der Waals surface area contributed by atoms with Crippen molar-refractivity contribution in [1.29, 1.82) is 0 Å². The molecule has 0 fully saturated rings. The smallest absolute Gasteiger partial charge is 0.313 e. The third kappa shape index (κ3) is 8.80. The van der Waals surface area contributed by atoms with E-state index in [0.29, 0.717) is 0 Å². The van der Waals surface area contributed by atoms with Crippen LogP contribution in [0.3, 0.4) is 0 Å². The lowest BCUT2D eigenvalue weighted by Gasteiger charge is -2.38. The Labute approximate surface area is 223 Å². The molecule has 2 rings (SSSR count). The Hall–Kier alpha value is -1.51. The van der Waals surface area contributed by atoms with Gasteiger partial charge in [-0.3, -0.25) is 4.79 Å². The molecule has 3 heteroatoms. The van der Waals surface area contributed by atoms with E-state index >= 15 is 0 Å². The molecule has 2 unspecified atom stereocenters. The van der Waals surface area contributed by atoms with Crippen molar-refractivity contribution >= 4 is 5.97 Å². The fourth-order valence-electron chi connectivity index (χ4n) is 5.63. The summed E-state index contributed by atoms with van der Waals surface area (Å²) in [6, 6.07) is 0. The molecule has 0 radical (unpaired) electrons. The first-order valence-electron chi connectivity index (χ1n) is 14.9. The van der Waals surface area contributed by atoms with E-state index in [1.807, 2.05) is 20.8 Å². The minimum Gasteiger partial charge on any atom is -0.487 e.